The van der Waals surface area contributed by atoms with Crippen LogP contribution in [-0.4, -0.2) is 28.8 Å². The minimum absolute atomic E-state index is 0.273. The van der Waals surface area contributed by atoms with Crippen molar-refractivity contribution in [1.82, 2.24) is 9.97 Å². The van der Waals surface area contributed by atoms with E-state index in [9.17, 15) is 9.18 Å². The zero-order valence-corrected chi connectivity index (χ0v) is 13.5. The number of halogens is 1. The van der Waals surface area contributed by atoms with Gasteiger partial charge in [0.1, 0.15) is 17.4 Å². The first kappa shape index (κ1) is 15.6. The summed E-state index contributed by atoms with van der Waals surface area (Å²) in [5.74, 6) is 1.55. The molecule has 0 bridgehead atoms. The van der Waals surface area contributed by atoms with Gasteiger partial charge in [-0.1, -0.05) is 6.92 Å². The van der Waals surface area contributed by atoms with Crippen molar-refractivity contribution in [3.05, 3.63) is 41.3 Å². The van der Waals surface area contributed by atoms with Gasteiger partial charge < -0.3 is 4.90 Å². The molecule has 0 spiro atoms. The van der Waals surface area contributed by atoms with Gasteiger partial charge in [0.05, 0.1) is 0 Å². The summed E-state index contributed by atoms with van der Waals surface area (Å²) in [5.41, 5.74) is 2.85. The molecule has 1 fully saturated rings. The molecule has 0 amide bonds. The lowest BCUT2D eigenvalue weighted by atomic mass is 10.1. The number of rotatable bonds is 3. The Kier molecular flexibility index (Phi) is 4.37. The Morgan fingerprint density at radius 1 is 1.13 bits per heavy atom. The first-order valence-electron chi connectivity index (χ1n) is 7.98. The Bertz CT molecular complexity index is 718. The van der Waals surface area contributed by atoms with Gasteiger partial charge in [0.25, 0.3) is 0 Å². The first-order valence-corrected chi connectivity index (χ1v) is 7.98. The molecule has 23 heavy (non-hydrogen) atoms. The maximum Gasteiger partial charge on any atom is 0.161 e. The van der Waals surface area contributed by atoms with E-state index in [1.807, 2.05) is 6.92 Å². The normalized spacial score (nSPS) is 15.1. The van der Waals surface area contributed by atoms with Crippen molar-refractivity contribution in [3.8, 4) is 11.4 Å². The van der Waals surface area contributed by atoms with Gasteiger partial charge in [-0.05, 0) is 37.6 Å². The first-order chi connectivity index (χ1) is 11.1. The second-order valence-corrected chi connectivity index (χ2v) is 5.82. The summed E-state index contributed by atoms with van der Waals surface area (Å²) in [6.45, 7) is 5.46. The quantitative estimate of drug-likeness (QED) is 0.872. The third kappa shape index (κ3) is 3.23. The number of aromatic nitrogens is 2. The molecule has 3 rings (SSSR count). The van der Waals surface area contributed by atoms with Crippen molar-refractivity contribution < 1.29 is 9.18 Å². The molecule has 1 aliphatic rings. The number of nitrogens with zero attached hydrogens (tertiary/aromatic N) is 3. The lowest BCUT2D eigenvalue weighted by Gasteiger charge is -2.29. The van der Waals surface area contributed by atoms with Crippen LogP contribution in [0.25, 0.3) is 11.4 Å². The topological polar surface area (TPSA) is 46.1 Å². The van der Waals surface area contributed by atoms with Gasteiger partial charge >= 0.3 is 0 Å². The average Bonchev–Trinajstić information content (AvgIpc) is 2.55. The third-order valence-electron chi connectivity index (χ3n) is 4.27. The third-order valence-corrected chi connectivity index (χ3v) is 4.27. The van der Waals surface area contributed by atoms with Crippen LogP contribution >= 0.6 is 0 Å². The van der Waals surface area contributed by atoms with Crippen LogP contribution in [0.15, 0.2) is 24.3 Å². The molecule has 2 aromatic rings. The SMILES string of the molecule is CCc1c(C)nc(-c2ccc(F)cc2)nc1N1CCC(=O)CC1. The van der Waals surface area contributed by atoms with Crippen LogP contribution in [0.2, 0.25) is 0 Å². The number of Topliss-reactive ketones (excluding diaryl/α,β-unsaturated/α-hetero) is 1. The van der Waals surface area contributed by atoms with Crippen LogP contribution in [0.5, 0.6) is 0 Å². The largest absolute Gasteiger partial charge is 0.355 e. The van der Waals surface area contributed by atoms with E-state index >= 15 is 0 Å². The minimum Gasteiger partial charge on any atom is -0.355 e. The number of anilines is 1. The maximum atomic E-state index is 13.1. The molecular formula is C18H20FN3O. The van der Waals surface area contributed by atoms with Crippen LogP contribution in [-0.2, 0) is 11.2 Å². The number of aryl methyl sites for hydroxylation is 1. The van der Waals surface area contributed by atoms with Gasteiger partial charge in [-0.3, -0.25) is 4.79 Å². The molecule has 2 heterocycles. The predicted octanol–water partition coefficient (Wildman–Crippen LogP) is 3.32. The van der Waals surface area contributed by atoms with Crippen molar-refractivity contribution in [2.45, 2.75) is 33.1 Å². The molecule has 0 atom stereocenters. The Balaban J connectivity index is 2.03. The van der Waals surface area contributed by atoms with Crippen LogP contribution in [0.1, 0.15) is 31.0 Å². The maximum absolute atomic E-state index is 13.1. The van der Waals surface area contributed by atoms with Crippen LogP contribution < -0.4 is 4.90 Å². The molecule has 0 saturated carbocycles. The van der Waals surface area contributed by atoms with Crippen LogP contribution in [0.4, 0.5) is 10.2 Å². The van der Waals surface area contributed by atoms with Gasteiger partial charge in [0, 0.05) is 42.8 Å². The Labute approximate surface area is 135 Å². The summed E-state index contributed by atoms with van der Waals surface area (Å²) < 4.78 is 13.1. The summed E-state index contributed by atoms with van der Waals surface area (Å²) in [4.78, 5) is 23.0. The molecule has 4 nitrogen and oxygen atoms in total. The molecule has 120 valence electrons. The van der Waals surface area contributed by atoms with Crippen molar-refractivity contribution in [3.63, 3.8) is 0 Å². The summed E-state index contributed by atoms with van der Waals surface area (Å²) in [6.07, 6.45) is 1.98. The Hall–Kier alpha value is -2.30. The van der Waals surface area contributed by atoms with Gasteiger partial charge in [-0.2, -0.15) is 0 Å². The molecule has 1 saturated heterocycles. The second-order valence-electron chi connectivity index (χ2n) is 5.82. The van der Waals surface area contributed by atoms with Gasteiger partial charge in [0.2, 0.25) is 0 Å². The molecule has 0 aliphatic carbocycles. The summed E-state index contributed by atoms with van der Waals surface area (Å²) in [7, 11) is 0. The van der Waals surface area contributed by atoms with E-state index in [2.05, 4.69) is 16.8 Å². The fraction of sp³-hybridized carbons (Fsp3) is 0.389. The number of piperidine rings is 1. The number of benzene rings is 1. The lowest BCUT2D eigenvalue weighted by molar-refractivity contribution is -0.119. The highest BCUT2D eigenvalue weighted by atomic mass is 19.1. The van der Waals surface area contributed by atoms with Crippen LogP contribution in [0, 0.1) is 12.7 Å². The Morgan fingerprint density at radius 3 is 2.39 bits per heavy atom. The number of hydrogen-bond donors (Lipinski definition) is 0. The van der Waals surface area contributed by atoms with Crippen molar-refractivity contribution >= 4 is 11.6 Å². The Morgan fingerprint density at radius 2 is 1.78 bits per heavy atom. The molecule has 1 aromatic heterocycles. The van der Waals surface area contributed by atoms with E-state index in [0.29, 0.717) is 37.5 Å². The zero-order valence-electron chi connectivity index (χ0n) is 13.5. The highest BCUT2D eigenvalue weighted by molar-refractivity contribution is 5.81. The van der Waals surface area contributed by atoms with E-state index in [1.165, 1.54) is 12.1 Å². The van der Waals surface area contributed by atoms with Crippen molar-refractivity contribution in [1.29, 1.82) is 0 Å². The number of carbonyl (C=O) groups is 1. The van der Waals surface area contributed by atoms with E-state index < -0.39 is 0 Å². The molecule has 0 N–H and O–H groups in total. The summed E-state index contributed by atoms with van der Waals surface area (Å²) in [5, 5.41) is 0. The average molecular weight is 313 g/mol. The van der Waals surface area contributed by atoms with E-state index in [4.69, 9.17) is 4.98 Å². The van der Waals surface area contributed by atoms with E-state index in [0.717, 1.165) is 29.1 Å². The van der Waals surface area contributed by atoms with Gasteiger partial charge in [-0.15, -0.1) is 0 Å². The summed E-state index contributed by atoms with van der Waals surface area (Å²) >= 11 is 0. The van der Waals surface area contributed by atoms with Gasteiger partial charge in [0.15, 0.2) is 5.82 Å². The monoisotopic (exact) mass is 313 g/mol. The predicted molar refractivity (Wildman–Crippen MR) is 88.0 cm³/mol. The minimum atomic E-state index is -0.273. The molecule has 1 aliphatic heterocycles. The fourth-order valence-electron chi connectivity index (χ4n) is 2.95. The molecule has 1 aromatic carbocycles. The molecular weight excluding hydrogens is 293 g/mol. The highest BCUT2D eigenvalue weighted by Gasteiger charge is 2.22. The number of ketones is 1. The van der Waals surface area contributed by atoms with Crippen molar-refractivity contribution in [2.24, 2.45) is 0 Å². The summed E-state index contributed by atoms with van der Waals surface area (Å²) in [6, 6.07) is 6.22. The zero-order chi connectivity index (χ0) is 16.4. The van der Waals surface area contributed by atoms with Crippen LogP contribution in [0.3, 0.4) is 0 Å². The van der Waals surface area contributed by atoms with Crippen molar-refractivity contribution in [2.75, 3.05) is 18.0 Å². The molecule has 5 heteroatoms. The number of carbonyl (C=O) groups excluding carboxylic acids is 1. The standard InChI is InChI=1S/C18H20FN3O/c1-3-16-12(2)20-17(13-4-6-14(19)7-5-13)21-18(16)22-10-8-15(23)9-11-22/h4-7H,3,8-11H2,1-2H3. The van der Waals surface area contributed by atoms with Gasteiger partial charge in [-0.25, -0.2) is 14.4 Å². The molecule has 0 unspecified atom stereocenters. The second kappa shape index (κ2) is 6.44. The fourth-order valence-corrected chi connectivity index (χ4v) is 2.95. The molecule has 0 radical (unpaired) electrons. The smallest absolute Gasteiger partial charge is 0.161 e. The lowest BCUT2D eigenvalue weighted by Crippen LogP contribution is -2.35. The highest BCUT2D eigenvalue weighted by Crippen LogP contribution is 2.27. The van der Waals surface area contributed by atoms with E-state index in [-0.39, 0.29) is 5.82 Å². The number of hydrogen-bond acceptors (Lipinski definition) is 4. The van der Waals surface area contributed by atoms with E-state index in [1.54, 1.807) is 12.1 Å².